The number of rotatable bonds is 7. The van der Waals surface area contributed by atoms with Crippen LogP contribution in [0, 0.1) is 0 Å². The van der Waals surface area contributed by atoms with E-state index in [0.29, 0.717) is 37.5 Å². The molecular weight excluding hydrogens is 479 g/mol. The lowest BCUT2D eigenvalue weighted by atomic mass is 9.77. The van der Waals surface area contributed by atoms with Gasteiger partial charge in [0.1, 0.15) is 0 Å². The molecule has 1 saturated heterocycles. The Kier molecular flexibility index (Phi) is 7.46. The second kappa shape index (κ2) is 10.4. The molecule has 2 aromatic rings. The van der Waals surface area contributed by atoms with Crippen LogP contribution in [-0.4, -0.2) is 70.6 Å². The molecule has 0 unspecified atom stereocenters. The first-order chi connectivity index (χ1) is 17.1. The Labute approximate surface area is 206 Å². The fourth-order valence-corrected chi connectivity index (χ4v) is 4.68. The molecule has 1 saturated carbocycles. The highest BCUT2D eigenvalue weighted by Crippen LogP contribution is 2.39. The van der Waals surface area contributed by atoms with E-state index in [0.717, 1.165) is 31.0 Å². The van der Waals surface area contributed by atoms with Gasteiger partial charge >= 0.3 is 12.2 Å². The van der Waals surface area contributed by atoms with E-state index in [9.17, 15) is 27.9 Å². The Morgan fingerprint density at radius 2 is 1.86 bits per heavy atom. The molecule has 194 valence electrons. The van der Waals surface area contributed by atoms with Crippen molar-refractivity contribution < 1.29 is 32.6 Å². The molecule has 0 spiro atoms. The van der Waals surface area contributed by atoms with Crippen LogP contribution in [0.5, 0.6) is 6.01 Å². The number of nitrogens with zero attached hydrogens (tertiary/aromatic N) is 3. The van der Waals surface area contributed by atoms with Crippen LogP contribution in [0.25, 0.3) is 0 Å². The Morgan fingerprint density at radius 3 is 2.47 bits per heavy atom. The number of likely N-dealkylation sites (tertiary alicyclic amines) is 1. The molecule has 1 aliphatic carbocycles. The highest BCUT2D eigenvalue weighted by Gasteiger charge is 2.40. The quantitative estimate of drug-likeness (QED) is 0.524. The van der Waals surface area contributed by atoms with Crippen LogP contribution < -0.4 is 15.4 Å². The average molecular weight is 508 g/mol. The Morgan fingerprint density at radius 1 is 1.19 bits per heavy atom. The van der Waals surface area contributed by atoms with Crippen molar-refractivity contribution in [1.29, 1.82) is 0 Å². The molecule has 2 heterocycles. The maximum atomic E-state index is 12.8. The van der Waals surface area contributed by atoms with Crippen molar-refractivity contribution in [3.8, 4) is 6.01 Å². The molecule has 36 heavy (non-hydrogen) atoms. The van der Waals surface area contributed by atoms with Gasteiger partial charge < -0.3 is 20.5 Å². The second-order valence-corrected chi connectivity index (χ2v) is 9.20. The smallest absolute Gasteiger partial charge is 0.416 e. The van der Waals surface area contributed by atoms with Gasteiger partial charge in [-0.15, -0.1) is 0 Å². The molecule has 0 atom stereocenters. The standard InChI is InChI=1S/C24H28F3N5O4/c1-36-22-29-10-17(11-30-22)23(35)7-5-19(6-8-23)32-13-18(14-32)31-20(33)12-28-21(34)15-3-2-4-16(9-15)24(25,26)27/h2-4,9-11,18-19,35H,5-8,12-14H2,1H3,(H,28,34)(H,31,33)/t19-,23-. The lowest BCUT2D eigenvalue weighted by molar-refractivity contribution is -0.137. The van der Waals surface area contributed by atoms with Crippen LogP contribution >= 0.6 is 0 Å². The second-order valence-electron chi connectivity index (χ2n) is 9.20. The fourth-order valence-electron chi connectivity index (χ4n) is 4.68. The van der Waals surface area contributed by atoms with Crippen LogP contribution in [0.2, 0.25) is 0 Å². The zero-order valence-electron chi connectivity index (χ0n) is 19.7. The summed E-state index contributed by atoms with van der Waals surface area (Å²) in [5.74, 6) is -1.15. The maximum Gasteiger partial charge on any atom is 0.416 e. The lowest BCUT2D eigenvalue weighted by Crippen LogP contribution is -2.63. The Balaban J connectivity index is 1.18. The minimum Gasteiger partial charge on any atom is -0.467 e. The van der Waals surface area contributed by atoms with E-state index >= 15 is 0 Å². The molecule has 1 aromatic heterocycles. The molecule has 2 amide bonds. The number of hydrogen-bond acceptors (Lipinski definition) is 7. The monoisotopic (exact) mass is 507 g/mol. The average Bonchev–Trinajstić information content (AvgIpc) is 2.85. The van der Waals surface area contributed by atoms with Gasteiger partial charge in [-0.2, -0.15) is 13.2 Å². The highest BCUT2D eigenvalue weighted by atomic mass is 19.4. The number of aromatic nitrogens is 2. The molecule has 4 rings (SSSR count). The first-order valence-electron chi connectivity index (χ1n) is 11.7. The number of carbonyl (C=O) groups excluding carboxylic acids is 2. The van der Waals surface area contributed by atoms with E-state index in [2.05, 4.69) is 25.5 Å². The fraction of sp³-hybridized carbons (Fsp3) is 0.500. The first-order valence-corrected chi connectivity index (χ1v) is 11.7. The summed E-state index contributed by atoms with van der Waals surface area (Å²) in [5, 5.41) is 16.2. The van der Waals surface area contributed by atoms with Crippen molar-refractivity contribution >= 4 is 11.8 Å². The third kappa shape index (κ3) is 5.93. The van der Waals surface area contributed by atoms with Crippen LogP contribution in [0.1, 0.15) is 47.2 Å². The molecule has 9 nitrogen and oxygen atoms in total. The molecule has 2 aliphatic rings. The topological polar surface area (TPSA) is 117 Å². The molecule has 3 N–H and O–H groups in total. The summed E-state index contributed by atoms with van der Waals surface area (Å²) in [5.41, 5.74) is -1.39. The zero-order valence-corrected chi connectivity index (χ0v) is 19.7. The van der Waals surface area contributed by atoms with Gasteiger partial charge in [0.25, 0.3) is 5.91 Å². The van der Waals surface area contributed by atoms with Gasteiger partial charge in [0, 0.05) is 42.7 Å². The molecule has 2 fully saturated rings. The van der Waals surface area contributed by atoms with Gasteiger partial charge in [0.05, 0.1) is 30.9 Å². The summed E-state index contributed by atoms with van der Waals surface area (Å²) in [4.78, 5) is 34.7. The highest BCUT2D eigenvalue weighted by molar-refractivity contribution is 5.96. The summed E-state index contributed by atoms with van der Waals surface area (Å²) < 4.78 is 43.4. The van der Waals surface area contributed by atoms with Crippen molar-refractivity contribution in [2.75, 3.05) is 26.7 Å². The molecular formula is C24H28F3N5O4. The number of carbonyl (C=O) groups is 2. The molecule has 0 radical (unpaired) electrons. The molecule has 0 bridgehead atoms. The third-order valence-electron chi connectivity index (χ3n) is 6.78. The SMILES string of the molecule is COc1ncc([C@]2(O)CC[C@H](N3CC(NC(=O)CNC(=O)c4cccc(C(F)(F)F)c4)C3)CC2)cn1. The molecule has 1 aromatic carbocycles. The van der Waals surface area contributed by atoms with Crippen molar-refractivity contribution in [2.24, 2.45) is 0 Å². The van der Waals surface area contributed by atoms with Crippen LogP contribution in [0.15, 0.2) is 36.7 Å². The predicted octanol–water partition coefficient (Wildman–Crippen LogP) is 1.86. The number of hydrogen-bond donors (Lipinski definition) is 3. The third-order valence-corrected chi connectivity index (χ3v) is 6.78. The Hall–Kier alpha value is -3.25. The summed E-state index contributed by atoms with van der Waals surface area (Å²) in [6.45, 7) is 0.982. The van der Waals surface area contributed by atoms with E-state index in [4.69, 9.17) is 4.74 Å². The zero-order chi connectivity index (χ0) is 25.9. The van der Waals surface area contributed by atoms with Crippen LogP contribution in [0.3, 0.4) is 0 Å². The normalized spacial score (nSPS) is 23.0. The van der Waals surface area contributed by atoms with Crippen molar-refractivity contribution in [1.82, 2.24) is 25.5 Å². The van der Waals surface area contributed by atoms with E-state index in [1.165, 1.54) is 13.2 Å². The summed E-state index contributed by atoms with van der Waals surface area (Å²) >= 11 is 0. The van der Waals surface area contributed by atoms with Gasteiger partial charge in [-0.3, -0.25) is 14.5 Å². The molecule has 12 heteroatoms. The van der Waals surface area contributed by atoms with E-state index in [1.54, 1.807) is 12.4 Å². The Bertz CT molecular complexity index is 1080. The number of alkyl halides is 3. The number of ether oxygens (including phenoxy) is 1. The number of nitrogens with one attached hydrogen (secondary N) is 2. The van der Waals surface area contributed by atoms with Crippen molar-refractivity contribution in [3.63, 3.8) is 0 Å². The summed E-state index contributed by atoms with van der Waals surface area (Å²) in [7, 11) is 1.48. The number of methoxy groups -OCH3 is 1. The van der Waals surface area contributed by atoms with Crippen molar-refractivity contribution in [2.45, 2.75) is 49.5 Å². The lowest BCUT2D eigenvalue weighted by Gasteiger charge is -2.48. The first kappa shape index (κ1) is 25.8. The predicted molar refractivity (Wildman–Crippen MR) is 122 cm³/mol. The number of amides is 2. The van der Waals surface area contributed by atoms with E-state index < -0.39 is 29.2 Å². The van der Waals surface area contributed by atoms with E-state index in [-0.39, 0.29) is 24.2 Å². The maximum absolute atomic E-state index is 12.8. The minimum absolute atomic E-state index is 0.0706. The van der Waals surface area contributed by atoms with Gasteiger partial charge in [0.2, 0.25) is 5.91 Å². The number of halogens is 3. The van der Waals surface area contributed by atoms with Crippen molar-refractivity contribution in [3.05, 3.63) is 53.3 Å². The minimum atomic E-state index is -4.55. The largest absolute Gasteiger partial charge is 0.467 e. The van der Waals surface area contributed by atoms with Gasteiger partial charge in [-0.1, -0.05) is 6.07 Å². The van der Waals surface area contributed by atoms with E-state index in [1.807, 2.05) is 0 Å². The van der Waals surface area contributed by atoms with Gasteiger partial charge in [0.15, 0.2) is 0 Å². The number of aliphatic hydroxyl groups is 1. The summed E-state index contributed by atoms with van der Waals surface area (Å²) in [6, 6.07) is 4.52. The van der Waals surface area contributed by atoms with Crippen LogP contribution in [-0.2, 0) is 16.6 Å². The summed E-state index contributed by atoms with van der Waals surface area (Å²) in [6.07, 6.45) is 1.35. The van der Waals surface area contributed by atoms with Gasteiger partial charge in [-0.05, 0) is 43.9 Å². The molecule has 1 aliphatic heterocycles. The van der Waals surface area contributed by atoms with Crippen LogP contribution in [0.4, 0.5) is 13.2 Å². The van der Waals surface area contributed by atoms with Gasteiger partial charge in [-0.25, -0.2) is 9.97 Å². The number of benzene rings is 1.